The zero-order chi connectivity index (χ0) is 19.6. The number of hydrogen-bond donors (Lipinski definition) is 1. The standard InChI is InChI=1S/C21H31N3O3S/c25-21(15-23-12-10-18(14-23)22-17-6-2-1-3-7-17)24(19-8-4-5-9-19)20-11-13-28(26,27)16-20/h1-3,6-7,18-20,22H,4-5,8-16H2. The maximum absolute atomic E-state index is 13.2. The second-order valence-corrected chi connectivity index (χ2v) is 10.8. The third-order valence-corrected chi connectivity index (χ3v) is 8.13. The van der Waals surface area contributed by atoms with Crippen molar-refractivity contribution >= 4 is 21.4 Å². The van der Waals surface area contributed by atoms with E-state index in [9.17, 15) is 13.2 Å². The first-order chi connectivity index (χ1) is 13.5. The fourth-order valence-electron chi connectivity index (χ4n) is 5.02. The maximum Gasteiger partial charge on any atom is 0.237 e. The van der Waals surface area contributed by atoms with E-state index in [4.69, 9.17) is 0 Å². The van der Waals surface area contributed by atoms with Crippen LogP contribution in [0.3, 0.4) is 0 Å². The summed E-state index contributed by atoms with van der Waals surface area (Å²) in [7, 11) is -2.99. The summed E-state index contributed by atoms with van der Waals surface area (Å²) in [6.45, 7) is 2.15. The molecule has 154 valence electrons. The van der Waals surface area contributed by atoms with Gasteiger partial charge in [0.05, 0.1) is 18.1 Å². The van der Waals surface area contributed by atoms with Crippen molar-refractivity contribution in [3.05, 3.63) is 30.3 Å². The molecule has 1 aliphatic carbocycles. The lowest BCUT2D eigenvalue weighted by Crippen LogP contribution is -2.50. The first-order valence-corrected chi connectivity index (χ1v) is 12.4. The predicted octanol–water partition coefficient (Wildman–Crippen LogP) is 2.13. The van der Waals surface area contributed by atoms with Gasteiger partial charge in [-0.25, -0.2) is 8.42 Å². The summed E-state index contributed by atoms with van der Waals surface area (Å²) in [4.78, 5) is 17.4. The van der Waals surface area contributed by atoms with E-state index in [1.54, 1.807) is 0 Å². The first-order valence-electron chi connectivity index (χ1n) is 10.6. The summed E-state index contributed by atoms with van der Waals surface area (Å²) in [5, 5.41) is 3.55. The van der Waals surface area contributed by atoms with Crippen molar-refractivity contribution in [2.75, 3.05) is 36.5 Å². The number of para-hydroxylation sites is 1. The van der Waals surface area contributed by atoms with E-state index in [0.717, 1.165) is 50.9 Å². The van der Waals surface area contributed by atoms with Gasteiger partial charge in [0.25, 0.3) is 0 Å². The normalized spacial score (nSPS) is 27.9. The fraction of sp³-hybridized carbons (Fsp3) is 0.667. The fourth-order valence-corrected chi connectivity index (χ4v) is 6.73. The summed E-state index contributed by atoms with van der Waals surface area (Å²) in [6, 6.07) is 10.6. The lowest BCUT2D eigenvalue weighted by atomic mass is 10.1. The Bertz CT molecular complexity index is 777. The van der Waals surface area contributed by atoms with Gasteiger partial charge in [0.1, 0.15) is 0 Å². The number of hydrogen-bond acceptors (Lipinski definition) is 5. The monoisotopic (exact) mass is 405 g/mol. The van der Waals surface area contributed by atoms with Crippen LogP contribution < -0.4 is 5.32 Å². The Labute approximate surface area is 168 Å². The van der Waals surface area contributed by atoms with Gasteiger partial charge >= 0.3 is 0 Å². The number of sulfone groups is 1. The van der Waals surface area contributed by atoms with Gasteiger partial charge in [-0.3, -0.25) is 9.69 Å². The average Bonchev–Trinajstić information content (AvgIpc) is 3.39. The van der Waals surface area contributed by atoms with Crippen molar-refractivity contribution in [3.63, 3.8) is 0 Å². The van der Waals surface area contributed by atoms with Crippen LogP contribution in [0.5, 0.6) is 0 Å². The van der Waals surface area contributed by atoms with Crippen LogP contribution in [0.1, 0.15) is 38.5 Å². The van der Waals surface area contributed by atoms with E-state index in [-0.39, 0.29) is 29.5 Å². The molecule has 6 nitrogen and oxygen atoms in total. The number of carbonyl (C=O) groups is 1. The number of carbonyl (C=O) groups excluding carboxylic acids is 1. The lowest BCUT2D eigenvalue weighted by molar-refractivity contribution is -0.136. The molecule has 1 N–H and O–H groups in total. The Morgan fingerprint density at radius 3 is 2.50 bits per heavy atom. The van der Waals surface area contributed by atoms with Gasteiger partial charge < -0.3 is 10.2 Å². The second-order valence-electron chi connectivity index (χ2n) is 8.53. The van der Waals surface area contributed by atoms with E-state index in [1.165, 1.54) is 0 Å². The Morgan fingerprint density at radius 2 is 1.82 bits per heavy atom. The van der Waals surface area contributed by atoms with E-state index in [1.807, 2.05) is 23.1 Å². The molecule has 3 fully saturated rings. The molecule has 0 aromatic heterocycles. The van der Waals surface area contributed by atoms with Gasteiger partial charge in [0.2, 0.25) is 5.91 Å². The maximum atomic E-state index is 13.2. The van der Waals surface area contributed by atoms with Gasteiger partial charge in [-0.2, -0.15) is 0 Å². The zero-order valence-corrected chi connectivity index (χ0v) is 17.2. The molecular weight excluding hydrogens is 374 g/mol. The molecule has 2 atom stereocenters. The third kappa shape index (κ3) is 4.69. The molecule has 1 saturated carbocycles. The summed E-state index contributed by atoms with van der Waals surface area (Å²) in [6.07, 6.45) is 5.93. The van der Waals surface area contributed by atoms with E-state index >= 15 is 0 Å². The molecule has 28 heavy (non-hydrogen) atoms. The van der Waals surface area contributed by atoms with Gasteiger partial charge in [-0.15, -0.1) is 0 Å². The molecule has 0 spiro atoms. The summed E-state index contributed by atoms with van der Waals surface area (Å²) >= 11 is 0. The average molecular weight is 406 g/mol. The highest BCUT2D eigenvalue weighted by molar-refractivity contribution is 7.91. The van der Waals surface area contributed by atoms with Crippen LogP contribution in [0.2, 0.25) is 0 Å². The molecule has 1 aromatic carbocycles. The Morgan fingerprint density at radius 1 is 1.07 bits per heavy atom. The topological polar surface area (TPSA) is 69.7 Å². The minimum Gasteiger partial charge on any atom is -0.381 e. The molecule has 1 aromatic rings. The molecular formula is C21H31N3O3S. The quantitative estimate of drug-likeness (QED) is 0.785. The van der Waals surface area contributed by atoms with Gasteiger partial charge in [-0.1, -0.05) is 31.0 Å². The number of benzene rings is 1. The van der Waals surface area contributed by atoms with Crippen molar-refractivity contribution in [1.82, 2.24) is 9.80 Å². The second kappa shape index (κ2) is 8.41. The molecule has 1 amide bonds. The van der Waals surface area contributed by atoms with Crippen LogP contribution in [0.25, 0.3) is 0 Å². The first kappa shape index (κ1) is 19.7. The number of likely N-dealkylation sites (tertiary alicyclic amines) is 1. The molecule has 7 heteroatoms. The molecule has 2 saturated heterocycles. The van der Waals surface area contributed by atoms with Crippen LogP contribution in [-0.4, -0.2) is 73.4 Å². The highest BCUT2D eigenvalue weighted by Gasteiger charge is 2.39. The van der Waals surface area contributed by atoms with Crippen LogP contribution >= 0.6 is 0 Å². The molecule has 4 rings (SSSR count). The molecule has 2 unspecified atom stereocenters. The van der Waals surface area contributed by atoms with Gasteiger partial charge in [-0.05, 0) is 37.8 Å². The number of nitrogens with one attached hydrogen (secondary N) is 1. The van der Waals surface area contributed by atoms with Gasteiger partial charge in [0, 0.05) is 36.9 Å². The van der Waals surface area contributed by atoms with Crippen molar-refractivity contribution < 1.29 is 13.2 Å². The minimum absolute atomic E-state index is 0.120. The Kier molecular flexibility index (Phi) is 5.92. The van der Waals surface area contributed by atoms with E-state index in [0.29, 0.717) is 19.0 Å². The van der Waals surface area contributed by atoms with Crippen LogP contribution in [0, 0.1) is 0 Å². The number of anilines is 1. The van der Waals surface area contributed by atoms with E-state index in [2.05, 4.69) is 22.3 Å². The Balaban J connectivity index is 1.36. The van der Waals surface area contributed by atoms with Gasteiger partial charge in [0.15, 0.2) is 9.84 Å². The molecule has 2 aliphatic heterocycles. The van der Waals surface area contributed by atoms with Crippen LogP contribution in [0.15, 0.2) is 30.3 Å². The highest BCUT2D eigenvalue weighted by Crippen LogP contribution is 2.29. The summed E-state index contributed by atoms with van der Waals surface area (Å²) < 4.78 is 24.0. The smallest absolute Gasteiger partial charge is 0.237 e. The zero-order valence-electron chi connectivity index (χ0n) is 16.4. The lowest BCUT2D eigenvalue weighted by Gasteiger charge is -2.35. The summed E-state index contributed by atoms with van der Waals surface area (Å²) in [5.74, 6) is 0.489. The van der Waals surface area contributed by atoms with Crippen molar-refractivity contribution in [2.45, 2.75) is 56.7 Å². The predicted molar refractivity (Wildman–Crippen MR) is 111 cm³/mol. The van der Waals surface area contributed by atoms with E-state index < -0.39 is 9.84 Å². The SMILES string of the molecule is O=C(CN1CCC(Nc2ccccc2)C1)N(C1CCCC1)C1CCS(=O)(=O)C1. The van der Waals surface area contributed by atoms with Crippen molar-refractivity contribution in [2.24, 2.45) is 0 Å². The van der Waals surface area contributed by atoms with Crippen LogP contribution in [-0.2, 0) is 14.6 Å². The molecule has 0 bridgehead atoms. The molecule has 3 aliphatic rings. The molecule has 2 heterocycles. The highest BCUT2D eigenvalue weighted by atomic mass is 32.2. The van der Waals surface area contributed by atoms with Crippen molar-refractivity contribution in [3.8, 4) is 0 Å². The molecule has 0 radical (unpaired) electrons. The number of rotatable bonds is 6. The minimum atomic E-state index is -2.99. The number of nitrogens with zero attached hydrogens (tertiary/aromatic N) is 2. The summed E-state index contributed by atoms with van der Waals surface area (Å²) in [5.41, 5.74) is 1.12. The Hall–Kier alpha value is -1.60. The van der Waals surface area contributed by atoms with Crippen molar-refractivity contribution in [1.29, 1.82) is 0 Å². The largest absolute Gasteiger partial charge is 0.381 e. The third-order valence-electron chi connectivity index (χ3n) is 6.38. The van der Waals surface area contributed by atoms with Crippen LogP contribution in [0.4, 0.5) is 5.69 Å². The number of amides is 1.